The van der Waals surface area contributed by atoms with Crippen molar-refractivity contribution in [1.82, 2.24) is 15.5 Å². The molecule has 0 amide bonds. The first-order valence-electron chi connectivity index (χ1n) is 5.32. The summed E-state index contributed by atoms with van der Waals surface area (Å²) in [6, 6.07) is -0.230. The molecule has 2 atom stereocenters. The Kier molecular flexibility index (Phi) is 2.92. The zero-order chi connectivity index (χ0) is 11.8. The van der Waals surface area contributed by atoms with Gasteiger partial charge in [0.2, 0.25) is 0 Å². The SMILES string of the molecule is CC1CCC(c2cn[nH]c2C(F)(F)F)NC1. The highest BCUT2D eigenvalue weighted by atomic mass is 19.4. The number of piperidine rings is 1. The van der Waals surface area contributed by atoms with E-state index < -0.39 is 11.9 Å². The molecule has 1 aliphatic rings. The lowest BCUT2D eigenvalue weighted by Gasteiger charge is -2.28. The second-order valence-corrected chi connectivity index (χ2v) is 4.34. The molecular formula is C10H14F3N3. The van der Waals surface area contributed by atoms with Gasteiger partial charge in [-0.05, 0) is 25.3 Å². The van der Waals surface area contributed by atoms with E-state index >= 15 is 0 Å². The van der Waals surface area contributed by atoms with E-state index in [2.05, 4.69) is 17.3 Å². The van der Waals surface area contributed by atoms with Gasteiger partial charge in [0.1, 0.15) is 5.69 Å². The third kappa shape index (κ3) is 2.21. The molecule has 1 aliphatic heterocycles. The average molecular weight is 233 g/mol. The lowest BCUT2D eigenvalue weighted by Crippen LogP contribution is -2.32. The van der Waals surface area contributed by atoms with E-state index in [-0.39, 0.29) is 11.6 Å². The molecule has 1 aromatic heterocycles. The highest BCUT2D eigenvalue weighted by Gasteiger charge is 2.38. The van der Waals surface area contributed by atoms with Gasteiger partial charge in [0.25, 0.3) is 0 Å². The number of aromatic amines is 1. The van der Waals surface area contributed by atoms with Crippen molar-refractivity contribution in [3.8, 4) is 0 Å². The van der Waals surface area contributed by atoms with Crippen molar-refractivity contribution in [3.63, 3.8) is 0 Å². The summed E-state index contributed by atoms with van der Waals surface area (Å²) in [6.45, 7) is 2.84. The van der Waals surface area contributed by atoms with Crippen LogP contribution in [0.2, 0.25) is 0 Å². The Morgan fingerprint density at radius 1 is 1.38 bits per heavy atom. The van der Waals surface area contributed by atoms with Gasteiger partial charge in [-0.1, -0.05) is 6.92 Å². The van der Waals surface area contributed by atoms with Gasteiger partial charge in [-0.2, -0.15) is 18.3 Å². The predicted octanol–water partition coefficient (Wildman–Crippen LogP) is 2.49. The number of nitrogens with zero attached hydrogens (tertiary/aromatic N) is 1. The van der Waals surface area contributed by atoms with Crippen LogP contribution in [0.15, 0.2) is 6.20 Å². The molecule has 0 aromatic carbocycles. The molecule has 16 heavy (non-hydrogen) atoms. The van der Waals surface area contributed by atoms with Crippen LogP contribution in [0.25, 0.3) is 0 Å². The van der Waals surface area contributed by atoms with Crippen LogP contribution in [0.1, 0.15) is 37.1 Å². The number of hydrogen-bond donors (Lipinski definition) is 2. The fraction of sp³-hybridized carbons (Fsp3) is 0.700. The molecule has 1 fully saturated rings. The third-order valence-electron chi connectivity index (χ3n) is 2.99. The van der Waals surface area contributed by atoms with Crippen molar-refractivity contribution in [2.24, 2.45) is 5.92 Å². The summed E-state index contributed by atoms with van der Waals surface area (Å²) in [4.78, 5) is 0. The normalized spacial score (nSPS) is 27.0. The molecule has 6 heteroatoms. The highest BCUT2D eigenvalue weighted by molar-refractivity contribution is 5.23. The van der Waals surface area contributed by atoms with Crippen LogP contribution in [0.5, 0.6) is 0 Å². The van der Waals surface area contributed by atoms with Gasteiger partial charge < -0.3 is 5.32 Å². The van der Waals surface area contributed by atoms with Gasteiger partial charge in [0.05, 0.1) is 6.20 Å². The minimum atomic E-state index is -4.35. The fourth-order valence-corrected chi connectivity index (χ4v) is 2.05. The van der Waals surface area contributed by atoms with E-state index in [9.17, 15) is 13.2 Å². The molecule has 0 aliphatic carbocycles. The first-order valence-corrected chi connectivity index (χ1v) is 5.32. The molecule has 3 nitrogen and oxygen atoms in total. The smallest absolute Gasteiger partial charge is 0.310 e. The largest absolute Gasteiger partial charge is 0.433 e. The van der Waals surface area contributed by atoms with Gasteiger partial charge in [0, 0.05) is 11.6 Å². The number of alkyl halides is 3. The van der Waals surface area contributed by atoms with E-state index in [1.807, 2.05) is 5.10 Å². The van der Waals surface area contributed by atoms with Crippen LogP contribution in [0.4, 0.5) is 13.2 Å². The van der Waals surface area contributed by atoms with E-state index in [1.165, 1.54) is 6.20 Å². The lowest BCUT2D eigenvalue weighted by molar-refractivity contribution is -0.142. The maximum atomic E-state index is 12.6. The van der Waals surface area contributed by atoms with Crippen molar-refractivity contribution in [3.05, 3.63) is 17.5 Å². The Morgan fingerprint density at radius 3 is 2.69 bits per heavy atom. The quantitative estimate of drug-likeness (QED) is 0.782. The topological polar surface area (TPSA) is 40.7 Å². The molecule has 2 N–H and O–H groups in total. The van der Waals surface area contributed by atoms with E-state index in [0.29, 0.717) is 5.92 Å². The minimum absolute atomic E-state index is 0.230. The monoisotopic (exact) mass is 233 g/mol. The maximum absolute atomic E-state index is 12.6. The molecule has 2 heterocycles. The maximum Gasteiger partial charge on any atom is 0.433 e. The molecule has 90 valence electrons. The summed E-state index contributed by atoms with van der Waals surface area (Å²) in [5.74, 6) is 0.525. The number of halogens is 3. The van der Waals surface area contributed by atoms with Gasteiger partial charge >= 0.3 is 6.18 Å². The average Bonchev–Trinajstić information content (AvgIpc) is 2.66. The van der Waals surface area contributed by atoms with Crippen molar-refractivity contribution in [2.75, 3.05) is 6.54 Å². The van der Waals surface area contributed by atoms with Crippen molar-refractivity contribution in [1.29, 1.82) is 0 Å². The van der Waals surface area contributed by atoms with Crippen LogP contribution < -0.4 is 5.32 Å². The first-order chi connectivity index (χ1) is 7.48. The highest BCUT2D eigenvalue weighted by Crippen LogP contribution is 2.35. The molecule has 0 spiro atoms. The molecule has 0 radical (unpaired) electrons. The predicted molar refractivity (Wildman–Crippen MR) is 52.7 cm³/mol. The molecule has 0 saturated carbocycles. The summed E-state index contributed by atoms with van der Waals surface area (Å²) >= 11 is 0. The molecule has 1 saturated heterocycles. The zero-order valence-electron chi connectivity index (χ0n) is 8.93. The number of H-pyrrole nitrogens is 1. The standard InChI is InChI=1S/C10H14F3N3/c1-6-2-3-8(14-4-6)7-5-15-16-9(7)10(11,12)13/h5-6,8,14H,2-4H2,1H3,(H,15,16). The van der Waals surface area contributed by atoms with Crippen molar-refractivity contribution in [2.45, 2.75) is 32.0 Å². The van der Waals surface area contributed by atoms with Crippen LogP contribution in [0, 0.1) is 5.92 Å². The van der Waals surface area contributed by atoms with Crippen LogP contribution >= 0.6 is 0 Å². The van der Waals surface area contributed by atoms with E-state index in [4.69, 9.17) is 0 Å². The Bertz CT molecular complexity index is 350. The number of hydrogen-bond acceptors (Lipinski definition) is 2. The van der Waals surface area contributed by atoms with Gasteiger partial charge in [-0.3, -0.25) is 5.10 Å². The third-order valence-corrected chi connectivity index (χ3v) is 2.99. The molecule has 0 bridgehead atoms. The van der Waals surface area contributed by atoms with Gasteiger partial charge in [0.15, 0.2) is 0 Å². The second-order valence-electron chi connectivity index (χ2n) is 4.34. The Balaban J connectivity index is 2.18. The zero-order valence-corrected chi connectivity index (χ0v) is 8.93. The van der Waals surface area contributed by atoms with E-state index in [0.717, 1.165) is 19.4 Å². The Labute approximate surface area is 91.4 Å². The number of nitrogens with one attached hydrogen (secondary N) is 2. The van der Waals surface area contributed by atoms with Crippen LogP contribution in [-0.4, -0.2) is 16.7 Å². The summed E-state index contributed by atoms with van der Waals surface area (Å²) in [5, 5.41) is 8.66. The fourth-order valence-electron chi connectivity index (χ4n) is 2.05. The van der Waals surface area contributed by atoms with Gasteiger partial charge in [-0.25, -0.2) is 0 Å². The lowest BCUT2D eigenvalue weighted by atomic mass is 9.92. The summed E-state index contributed by atoms with van der Waals surface area (Å²) in [7, 11) is 0. The molecule has 2 rings (SSSR count). The molecule has 1 aromatic rings. The van der Waals surface area contributed by atoms with Crippen LogP contribution in [0.3, 0.4) is 0 Å². The Hall–Kier alpha value is -1.04. The summed E-state index contributed by atoms with van der Waals surface area (Å²) < 4.78 is 37.8. The summed E-state index contributed by atoms with van der Waals surface area (Å²) in [6.07, 6.45) is -1.41. The number of rotatable bonds is 1. The summed E-state index contributed by atoms with van der Waals surface area (Å²) in [5.41, 5.74) is -0.487. The first kappa shape index (κ1) is 11.4. The van der Waals surface area contributed by atoms with Gasteiger partial charge in [-0.15, -0.1) is 0 Å². The molecule has 2 unspecified atom stereocenters. The minimum Gasteiger partial charge on any atom is -0.310 e. The van der Waals surface area contributed by atoms with Crippen molar-refractivity contribution < 1.29 is 13.2 Å². The number of aromatic nitrogens is 2. The molecular weight excluding hydrogens is 219 g/mol. The van der Waals surface area contributed by atoms with Crippen LogP contribution in [-0.2, 0) is 6.18 Å². The van der Waals surface area contributed by atoms with Crippen molar-refractivity contribution >= 4 is 0 Å². The second kappa shape index (κ2) is 4.08. The Morgan fingerprint density at radius 2 is 2.12 bits per heavy atom. The van der Waals surface area contributed by atoms with E-state index in [1.54, 1.807) is 0 Å².